The second-order valence-electron chi connectivity index (χ2n) is 7.77. The topological polar surface area (TPSA) is 52.7 Å². The number of halogens is 2. The Labute approximate surface area is 185 Å². The molecule has 7 heteroatoms. The summed E-state index contributed by atoms with van der Waals surface area (Å²) in [5.41, 5.74) is 3.37. The van der Waals surface area contributed by atoms with Crippen LogP contribution >= 0.6 is 0 Å². The van der Waals surface area contributed by atoms with Gasteiger partial charge in [0.2, 0.25) is 0 Å². The maximum Gasteiger partial charge on any atom is 0.324 e. The molecule has 1 heterocycles. The van der Waals surface area contributed by atoms with E-state index in [9.17, 15) is 18.4 Å². The maximum absolute atomic E-state index is 13.5. The van der Waals surface area contributed by atoms with Gasteiger partial charge in [-0.25, -0.2) is 13.6 Å². The lowest BCUT2D eigenvalue weighted by Gasteiger charge is -2.35. The number of nitrogens with zero attached hydrogens (tertiary/aromatic N) is 2. The minimum Gasteiger partial charge on any atom is -0.322 e. The van der Waals surface area contributed by atoms with Crippen LogP contribution in [0.3, 0.4) is 0 Å². The van der Waals surface area contributed by atoms with Crippen molar-refractivity contribution in [2.24, 2.45) is 0 Å². The number of carbonyl (C=O) groups is 2. The van der Waals surface area contributed by atoms with E-state index in [1.165, 1.54) is 6.07 Å². The molecule has 0 atom stereocenters. The highest BCUT2D eigenvalue weighted by Gasteiger charge is 2.27. The average molecular weight is 435 g/mol. The minimum absolute atomic E-state index is 0.192. The fourth-order valence-corrected chi connectivity index (χ4v) is 3.78. The maximum atomic E-state index is 13.5. The first-order valence-electron chi connectivity index (χ1n) is 10.4. The number of aryl methyl sites for hydroxylation is 1. The van der Waals surface area contributed by atoms with E-state index in [-0.39, 0.29) is 18.5 Å². The van der Waals surface area contributed by atoms with Crippen LogP contribution in [0, 0.1) is 18.6 Å². The van der Waals surface area contributed by atoms with Crippen molar-refractivity contribution >= 4 is 23.3 Å². The predicted molar refractivity (Wildman–Crippen MR) is 120 cm³/mol. The van der Waals surface area contributed by atoms with Gasteiger partial charge in [-0.2, -0.15) is 0 Å². The Morgan fingerprint density at radius 1 is 0.969 bits per heavy atom. The van der Waals surface area contributed by atoms with E-state index in [2.05, 4.69) is 5.32 Å². The lowest BCUT2D eigenvalue weighted by atomic mass is 10.1. The van der Waals surface area contributed by atoms with Crippen LogP contribution < -0.4 is 10.2 Å². The monoisotopic (exact) mass is 435 g/mol. The quantitative estimate of drug-likeness (QED) is 0.587. The fraction of sp³-hybridized carbons (Fsp3) is 0.200. The standard InChI is InChI=1S/C25H23F2N3O2/c1-17-5-2-3-6-21(17)24(31)28-19-8-10-20(11-9-19)30-14-4-13-29(25(30)32)16-18-7-12-22(26)23(27)15-18/h2-3,5-12,15H,4,13-14,16H2,1H3,(H,28,31). The van der Waals surface area contributed by atoms with Crippen LogP contribution in [0.4, 0.5) is 25.0 Å². The Balaban J connectivity index is 1.44. The van der Waals surface area contributed by atoms with Gasteiger partial charge in [0, 0.05) is 36.6 Å². The lowest BCUT2D eigenvalue weighted by molar-refractivity contribution is 0.102. The van der Waals surface area contributed by atoms with E-state index in [0.717, 1.165) is 24.1 Å². The van der Waals surface area contributed by atoms with Crippen molar-refractivity contribution in [3.8, 4) is 0 Å². The number of urea groups is 1. The molecule has 1 saturated heterocycles. The molecule has 32 heavy (non-hydrogen) atoms. The van der Waals surface area contributed by atoms with Crippen molar-refractivity contribution in [3.63, 3.8) is 0 Å². The molecule has 1 N–H and O–H groups in total. The first kappa shape index (κ1) is 21.5. The molecule has 0 aliphatic carbocycles. The van der Waals surface area contributed by atoms with E-state index in [4.69, 9.17) is 0 Å². The van der Waals surface area contributed by atoms with E-state index < -0.39 is 11.6 Å². The number of benzene rings is 3. The highest BCUT2D eigenvalue weighted by molar-refractivity contribution is 6.05. The number of carbonyl (C=O) groups excluding carboxylic acids is 2. The van der Waals surface area contributed by atoms with Crippen molar-refractivity contribution in [1.82, 2.24) is 4.90 Å². The first-order valence-corrected chi connectivity index (χ1v) is 10.4. The third-order valence-electron chi connectivity index (χ3n) is 5.50. The largest absolute Gasteiger partial charge is 0.324 e. The summed E-state index contributed by atoms with van der Waals surface area (Å²) in [4.78, 5) is 28.7. The van der Waals surface area contributed by atoms with Gasteiger partial charge >= 0.3 is 6.03 Å². The molecule has 0 radical (unpaired) electrons. The molecule has 0 unspecified atom stereocenters. The third kappa shape index (κ3) is 4.61. The molecule has 4 rings (SSSR count). The SMILES string of the molecule is Cc1ccccc1C(=O)Nc1ccc(N2CCCN(Cc3ccc(F)c(F)c3)C2=O)cc1. The Kier molecular flexibility index (Phi) is 6.16. The van der Waals surface area contributed by atoms with Gasteiger partial charge in [0.1, 0.15) is 0 Å². The van der Waals surface area contributed by atoms with E-state index >= 15 is 0 Å². The van der Waals surface area contributed by atoms with Crippen molar-refractivity contribution in [2.75, 3.05) is 23.3 Å². The molecule has 3 amide bonds. The number of hydrogen-bond acceptors (Lipinski definition) is 2. The van der Waals surface area contributed by atoms with Gasteiger partial charge in [0.15, 0.2) is 11.6 Å². The van der Waals surface area contributed by atoms with Gasteiger partial charge in [-0.15, -0.1) is 0 Å². The molecule has 3 aromatic carbocycles. The Morgan fingerprint density at radius 2 is 1.72 bits per heavy atom. The smallest absolute Gasteiger partial charge is 0.322 e. The molecule has 5 nitrogen and oxygen atoms in total. The molecule has 164 valence electrons. The average Bonchev–Trinajstić information content (AvgIpc) is 2.78. The van der Waals surface area contributed by atoms with Gasteiger partial charge in [0.25, 0.3) is 5.91 Å². The van der Waals surface area contributed by atoms with Crippen molar-refractivity contribution in [1.29, 1.82) is 0 Å². The zero-order valence-corrected chi connectivity index (χ0v) is 17.6. The second-order valence-corrected chi connectivity index (χ2v) is 7.77. The van der Waals surface area contributed by atoms with E-state index in [1.54, 1.807) is 40.1 Å². The van der Waals surface area contributed by atoms with Crippen molar-refractivity contribution in [3.05, 3.63) is 95.1 Å². The second kappa shape index (κ2) is 9.18. The van der Waals surface area contributed by atoms with Gasteiger partial charge in [0.05, 0.1) is 0 Å². The zero-order valence-electron chi connectivity index (χ0n) is 17.6. The Morgan fingerprint density at radius 3 is 2.44 bits per heavy atom. The number of rotatable bonds is 5. The molecule has 0 spiro atoms. The molecule has 3 aromatic rings. The highest BCUT2D eigenvalue weighted by atomic mass is 19.2. The molecule has 0 aromatic heterocycles. The first-order chi connectivity index (χ1) is 15.4. The van der Waals surface area contributed by atoms with Crippen LogP contribution in [0.25, 0.3) is 0 Å². The molecular formula is C25H23F2N3O2. The zero-order chi connectivity index (χ0) is 22.7. The predicted octanol–water partition coefficient (Wildman–Crippen LogP) is 5.36. The lowest BCUT2D eigenvalue weighted by Crippen LogP contribution is -2.49. The molecule has 1 fully saturated rings. The number of nitrogens with one attached hydrogen (secondary N) is 1. The summed E-state index contributed by atoms with van der Waals surface area (Å²) in [5.74, 6) is -2.02. The van der Waals surface area contributed by atoms with E-state index in [0.29, 0.717) is 35.6 Å². The van der Waals surface area contributed by atoms with Gasteiger partial charge in [-0.05, 0) is 66.9 Å². The van der Waals surface area contributed by atoms with Gasteiger partial charge < -0.3 is 10.2 Å². The Bertz CT molecular complexity index is 1150. The van der Waals surface area contributed by atoms with Crippen LogP contribution in [-0.2, 0) is 6.54 Å². The third-order valence-corrected chi connectivity index (χ3v) is 5.50. The number of anilines is 2. The summed E-state index contributed by atoms with van der Waals surface area (Å²) in [6, 6.07) is 17.9. The fourth-order valence-electron chi connectivity index (χ4n) is 3.78. The molecule has 0 bridgehead atoms. The molecule has 1 aliphatic heterocycles. The van der Waals surface area contributed by atoms with Crippen LogP contribution in [0.1, 0.15) is 27.9 Å². The van der Waals surface area contributed by atoms with E-state index in [1.807, 2.05) is 25.1 Å². The molecule has 1 aliphatic rings. The normalized spacial score (nSPS) is 13.9. The van der Waals surface area contributed by atoms with Crippen LogP contribution in [0.2, 0.25) is 0 Å². The van der Waals surface area contributed by atoms with Gasteiger partial charge in [-0.3, -0.25) is 9.69 Å². The van der Waals surface area contributed by atoms with Crippen LogP contribution in [0.5, 0.6) is 0 Å². The van der Waals surface area contributed by atoms with Crippen molar-refractivity contribution in [2.45, 2.75) is 19.9 Å². The Hall–Kier alpha value is -3.74. The summed E-state index contributed by atoms with van der Waals surface area (Å²) < 4.78 is 26.7. The summed E-state index contributed by atoms with van der Waals surface area (Å²) >= 11 is 0. The highest BCUT2D eigenvalue weighted by Crippen LogP contribution is 2.24. The van der Waals surface area contributed by atoms with Crippen LogP contribution in [-0.4, -0.2) is 29.9 Å². The summed E-state index contributed by atoms with van der Waals surface area (Å²) in [6.07, 6.45) is 0.751. The number of hydrogen-bond donors (Lipinski definition) is 1. The summed E-state index contributed by atoms with van der Waals surface area (Å²) in [6.45, 7) is 3.18. The minimum atomic E-state index is -0.924. The summed E-state index contributed by atoms with van der Waals surface area (Å²) in [5, 5.41) is 2.87. The molecular weight excluding hydrogens is 412 g/mol. The van der Waals surface area contributed by atoms with Gasteiger partial charge in [-0.1, -0.05) is 24.3 Å². The molecule has 0 saturated carbocycles. The van der Waals surface area contributed by atoms with Crippen molar-refractivity contribution < 1.29 is 18.4 Å². The van der Waals surface area contributed by atoms with Crippen LogP contribution in [0.15, 0.2) is 66.7 Å². The summed E-state index contributed by atoms with van der Waals surface area (Å²) in [7, 11) is 0. The number of amides is 3.